The normalized spacial score (nSPS) is 11.5. The van der Waals surface area contributed by atoms with Crippen LogP contribution in [0.5, 0.6) is 0 Å². The number of hydrogen-bond donors (Lipinski definition) is 2. The number of para-hydroxylation sites is 2. The third kappa shape index (κ3) is 2.05. The third-order valence-corrected chi connectivity index (χ3v) is 5.32. The van der Waals surface area contributed by atoms with E-state index in [1.807, 2.05) is 13.1 Å². The van der Waals surface area contributed by atoms with Gasteiger partial charge in [-0.3, -0.25) is 0 Å². The molecule has 0 radical (unpaired) electrons. The standard InChI is InChI=1S/C24H20N2/c1-15-14-20-17-9-4-3-8-16(17)18-10-7-11-19(23(18)20)24(15)26-22-13-6-5-12-21(22)25-2/h3-14,25-26H,1-2H3. The second-order valence-corrected chi connectivity index (χ2v) is 6.81. The lowest BCUT2D eigenvalue weighted by atomic mass is 9.98. The second kappa shape index (κ2) is 5.63. The number of hydrogen-bond acceptors (Lipinski definition) is 2. The van der Waals surface area contributed by atoms with E-state index in [0.29, 0.717) is 0 Å². The molecule has 1 aliphatic carbocycles. The molecule has 2 N–H and O–H groups in total. The fourth-order valence-corrected chi connectivity index (χ4v) is 4.12. The van der Waals surface area contributed by atoms with Gasteiger partial charge in [0.2, 0.25) is 0 Å². The van der Waals surface area contributed by atoms with Crippen molar-refractivity contribution in [3.63, 3.8) is 0 Å². The summed E-state index contributed by atoms with van der Waals surface area (Å²) in [6.07, 6.45) is 0. The monoisotopic (exact) mass is 336 g/mol. The highest BCUT2D eigenvalue weighted by atomic mass is 14.9. The molecule has 0 unspecified atom stereocenters. The summed E-state index contributed by atoms with van der Waals surface area (Å²) in [4.78, 5) is 0. The topological polar surface area (TPSA) is 24.1 Å². The molecule has 0 bridgehead atoms. The van der Waals surface area contributed by atoms with E-state index in [9.17, 15) is 0 Å². The molecule has 0 fully saturated rings. The summed E-state index contributed by atoms with van der Waals surface area (Å²) in [5.74, 6) is 0. The molecule has 1 aliphatic rings. The van der Waals surface area contributed by atoms with Crippen LogP contribution in [0.2, 0.25) is 0 Å². The number of anilines is 3. The Morgan fingerprint density at radius 3 is 2.08 bits per heavy atom. The second-order valence-electron chi connectivity index (χ2n) is 6.81. The van der Waals surface area contributed by atoms with Gasteiger partial charge in [-0.15, -0.1) is 0 Å². The van der Waals surface area contributed by atoms with Gasteiger partial charge < -0.3 is 10.6 Å². The van der Waals surface area contributed by atoms with E-state index >= 15 is 0 Å². The van der Waals surface area contributed by atoms with Crippen molar-refractivity contribution in [3.8, 4) is 22.3 Å². The van der Waals surface area contributed by atoms with Gasteiger partial charge in [0.25, 0.3) is 0 Å². The quantitative estimate of drug-likeness (QED) is 0.389. The Morgan fingerprint density at radius 1 is 0.654 bits per heavy atom. The van der Waals surface area contributed by atoms with Crippen molar-refractivity contribution in [2.75, 3.05) is 17.7 Å². The van der Waals surface area contributed by atoms with E-state index in [-0.39, 0.29) is 0 Å². The molecule has 0 atom stereocenters. The molecule has 4 aromatic rings. The van der Waals surface area contributed by atoms with Gasteiger partial charge in [0.1, 0.15) is 0 Å². The molecule has 2 nitrogen and oxygen atoms in total. The summed E-state index contributed by atoms with van der Waals surface area (Å²) in [5, 5.41) is 9.58. The first-order valence-corrected chi connectivity index (χ1v) is 8.98. The summed E-state index contributed by atoms with van der Waals surface area (Å²) in [7, 11) is 1.96. The van der Waals surface area contributed by atoms with Crippen LogP contribution in [0.1, 0.15) is 5.56 Å². The van der Waals surface area contributed by atoms with Crippen molar-refractivity contribution in [2.24, 2.45) is 0 Å². The van der Waals surface area contributed by atoms with Crippen LogP contribution < -0.4 is 10.6 Å². The molecule has 2 heteroatoms. The zero-order valence-electron chi connectivity index (χ0n) is 14.9. The van der Waals surface area contributed by atoms with Crippen LogP contribution in [0.4, 0.5) is 17.1 Å². The summed E-state index contributed by atoms with van der Waals surface area (Å²) in [6, 6.07) is 26.0. The Morgan fingerprint density at radius 2 is 1.31 bits per heavy atom. The van der Waals surface area contributed by atoms with E-state index < -0.39 is 0 Å². The maximum absolute atomic E-state index is 3.68. The molecule has 0 heterocycles. The third-order valence-electron chi connectivity index (χ3n) is 5.32. The van der Waals surface area contributed by atoms with Crippen molar-refractivity contribution in [1.82, 2.24) is 0 Å². The van der Waals surface area contributed by atoms with E-state index in [1.54, 1.807) is 0 Å². The van der Waals surface area contributed by atoms with Gasteiger partial charge in [-0.05, 0) is 58.3 Å². The van der Waals surface area contributed by atoms with E-state index in [0.717, 1.165) is 11.4 Å². The summed E-state index contributed by atoms with van der Waals surface area (Å²) in [6.45, 7) is 2.19. The highest BCUT2D eigenvalue weighted by molar-refractivity contribution is 6.19. The lowest BCUT2D eigenvalue weighted by Crippen LogP contribution is -1.99. The van der Waals surface area contributed by atoms with Crippen LogP contribution >= 0.6 is 0 Å². The minimum Gasteiger partial charge on any atom is -0.386 e. The van der Waals surface area contributed by atoms with Gasteiger partial charge in [-0.1, -0.05) is 54.6 Å². The van der Waals surface area contributed by atoms with Crippen LogP contribution in [0.15, 0.2) is 72.8 Å². The molecule has 0 aromatic heterocycles. The van der Waals surface area contributed by atoms with Crippen LogP contribution in [-0.4, -0.2) is 7.05 Å². The number of fused-ring (bicyclic) bond motifs is 3. The number of nitrogens with one attached hydrogen (secondary N) is 2. The largest absolute Gasteiger partial charge is 0.386 e. The zero-order valence-corrected chi connectivity index (χ0v) is 14.9. The molecule has 126 valence electrons. The van der Waals surface area contributed by atoms with Crippen molar-refractivity contribution < 1.29 is 0 Å². The number of benzene rings is 4. The average Bonchev–Trinajstić information content (AvgIpc) is 3.00. The van der Waals surface area contributed by atoms with E-state index in [1.165, 1.54) is 44.3 Å². The number of aryl methyl sites for hydroxylation is 1. The summed E-state index contributed by atoms with van der Waals surface area (Å²) in [5.41, 5.74) is 9.97. The lowest BCUT2D eigenvalue weighted by molar-refractivity contribution is 1.44. The van der Waals surface area contributed by atoms with E-state index in [4.69, 9.17) is 0 Å². The van der Waals surface area contributed by atoms with Gasteiger partial charge in [0, 0.05) is 18.1 Å². The molecule has 0 saturated heterocycles. The Balaban J connectivity index is 1.77. The van der Waals surface area contributed by atoms with Gasteiger partial charge >= 0.3 is 0 Å². The van der Waals surface area contributed by atoms with Crippen LogP contribution in [-0.2, 0) is 0 Å². The first-order chi connectivity index (χ1) is 12.8. The Labute approximate surface area is 153 Å². The van der Waals surface area contributed by atoms with Crippen LogP contribution in [0.25, 0.3) is 33.0 Å². The Bertz CT molecular complexity index is 1160. The van der Waals surface area contributed by atoms with Crippen LogP contribution in [0, 0.1) is 6.92 Å². The SMILES string of the molecule is CNc1ccccc1Nc1c(C)cc2c3c(cccc13)-c1ccccc1-2. The molecular formula is C24H20N2. The fraction of sp³-hybridized carbons (Fsp3) is 0.0833. The molecule has 0 aliphatic heterocycles. The predicted octanol–water partition coefficient (Wildman–Crippen LogP) is 6.58. The average molecular weight is 336 g/mol. The zero-order chi connectivity index (χ0) is 17.7. The minimum atomic E-state index is 1.09. The highest BCUT2D eigenvalue weighted by Gasteiger charge is 2.23. The molecule has 0 saturated carbocycles. The summed E-state index contributed by atoms with van der Waals surface area (Å²) < 4.78 is 0. The first kappa shape index (κ1) is 15.0. The smallest absolute Gasteiger partial charge is 0.0620 e. The molecule has 4 aromatic carbocycles. The molecule has 5 rings (SSSR count). The van der Waals surface area contributed by atoms with Crippen molar-refractivity contribution in [1.29, 1.82) is 0 Å². The molecule has 0 spiro atoms. The van der Waals surface area contributed by atoms with Crippen molar-refractivity contribution in [2.45, 2.75) is 6.92 Å². The first-order valence-electron chi connectivity index (χ1n) is 8.98. The maximum atomic E-state index is 3.68. The lowest BCUT2D eigenvalue weighted by Gasteiger charge is -2.17. The van der Waals surface area contributed by atoms with Crippen LogP contribution in [0.3, 0.4) is 0 Å². The summed E-state index contributed by atoms with van der Waals surface area (Å²) >= 11 is 0. The van der Waals surface area contributed by atoms with Gasteiger partial charge in [-0.2, -0.15) is 0 Å². The van der Waals surface area contributed by atoms with Crippen molar-refractivity contribution in [3.05, 3.63) is 78.4 Å². The highest BCUT2D eigenvalue weighted by Crippen LogP contribution is 2.50. The van der Waals surface area contributed by atoms with E-state index in [2.05, 4.69) is 84.3 Å². The Kier molecular flexibility index (Phi) is 3.26. The molecule has 0 amide bonds. The van der Waals surface area contributed by atoms with Gasteiger partial charge in [0.05, 0.1) is 11.4 Å². The van der Waals surface area contributed by atoms with Crippen molar-refractivity contribution >= 4 is 27.8 Å². The predicted molar refractivity (Wildman–Crippen MR) is 112 cm³/mol. The Hall–Kier alpha value is -3.26. The molecule has 26 heavy (non-hydrogen) atoms. The molecular weight excluding hydrogens is 316 g/mol. The van der Waals surface area contributed by atoms with Gasteiger partial charge in [0.15, 0.2) is 0 Å². The minimum absolute atomic E-state index is 1.09. The fourth-order valence-electron chi connectivity index (χ4n) is 4.12. The maximum Gasteiger partial charge on any atom is 0.0620 e. The van der Waals surface area contributed by atoms with Gasteiger partial charge in [-0.25, -0.2) is 0 Å². The number of rotatable bonds is 3.